The van der Waals surface area contributed by atoms with Crippen LogP contribution in [0.3, 0.4) is 0 Å². The Morgan fingerprint density at radius 3 is 2.29 bits per heavy atom. The normalized spacial score (nSPS) is 16.6. The summed E-state index contributed by atoms with van der Waals surface area (Å²) < 4.78 is 50.4. The fourth-order valence-corrected chi connectivity index (χ4v) is 4.93. The van der Waals surface area contributed by atoms with Gasteiger partial charge in [-0.05, 0) is 43.0 Å². The Balaban J connectivity index is 1.84. The van der Waals surface area contributed by atoms with Crippen LogP contribution in [-0.2, 0) is 24.8 Å². The van der Waals surface area contributed by atoms with E-state index in [-0.39, 0.29) is 17.4 Å². The standard InChI is InChI=1S/C17H24N4O5S2/c1-20(28(25,26)16-5-3-14(11-18)4-6-16)13-17(22)19-12-15-7-9-21(10-8-15)27(2,23)24/h3-6,15H,7-10,12-13H2,1-2H3,(H,19,22). The second-order valence-corrected chi connectivity index (χ2v) is 10.8. The minimum absolute atomic E-state index is 0.00921. The number of piperidine rings is 1. The van der Waals surface area contributed by atoms with E-state index in [2.05, 4.69) is 5.32 Å². The smallest absolute Gasteiger partial charge is 0.243 e. The summed E-state index contributed by atoms with van der Waals surface area (Å²) in [6, 6.07) is 7.39. The Morgan fingerprint density at radius 2 is 1.79 bits per heavy atom. The van der Waals surface area contributed by atoms with E-state index < -0.39 is 26.0 Å². The van der Waals surface area contributed by atoms with E-state index in [1.54, 1.807) is 0 Å². The average molecular weight is 429 g/mol. The van der Waals surface area contributed by atoms with Gasteiger partial charge in [0, 0.05) is 26.7 Å². The number of nitrogens with zero attached hydrogens (tertiary/aromatic N) is 3. The third kappa shape index (κ3) is 5.75. The third-order valence-corrected chi connectivity index (χ3v) is 7.81. The molecule has 28 heavy (non-hydrogen) atoms. The summed E-state index contributed by atoms with van der Waals surface area (Å²) in [5, 5.41) is 11.5. The van der Waals surface area contributed by atoms with Crippen molar-refractivity contribution in [2.75, 3.05) is 39.5 Å². The molecule has 0 bridgehead atoms. The highest BCUT2D eigenvalue weighted by Crippen LogP contribution is 2.18. The van der Waals surface area contributed by atoms with Gasteiger partial charge >= 0.3 is 0 Å². The molecule has 9 nitrogen and oxygen atoms in total. The van der Waals surface area contributed by atoms with Crippen LogP contribution in [-0.4, -0.2) is 70.8 Å². The van der Waals surface area contributed by atoms with Gasteiger partial charge in [0.25, 0.3) is 0 Å². The van der Waals surface area contributed by atoms with Gasteiger partial charge in [-0.3, -0.25) is 4.79 Å². The monoisotopic (exact) mass is 428 g/mol. The maximum atomic E-state index is 12.5. The number of hydrogen-bond donors (Lipinski definition) is 1. The van der Waals surface area contributed by atoms with Gasteiger partial charge in [0.2, 0.25) is 26.0 Å². The van der Waals surface area contributed by atoms with Crippen LogP contribution >= 0.6 is 0 Å². The summed E-state index contributed by atoms with van der Waals surface area (Å²) in [6.07, 6.45) is 2.47. The lowest BCUT2D eigenvalue weighted by molar-refractivity contribution is -0.121. The highest BCUT2D eigenvalue weighted by molar-refractivity contribution is 7.89. The number of carbonyl (C=O) groups excluding carboxylic acids is 1. The highest BCUT2D eigenvalue weighted by Gasteiger charge is 2.26. The molecule has 1 aromatic rings. The fourth-order valence-electron chi connectivity index (χ4n) is 2.93. The molecule has 0 unspecified atom stereocenters. The molecule has 2 rings (SSSR count). The first-order chi connectivity index (χ1) is 13.0. The first-order valence-electron chi connectivity index (χ1n) is 8.72. The minimum Gasteiger partial charge on any atom is -0.355 e. The quantitative estimate of drug-likeness (QED) is 0.649. The van der Waals surface area contributed by atoms with Gasteiger partial charge in [0.1, 0.15) is 0 Å². The van der Waals surface area contributed by atoms with Crippen molar-refractivity contribution in [1.29, 1.82) is 5.26 Å². The van der Waals surface area contributed by atoms with Crippen LogP contribution in [0.15, 0.2) is 29.2 Å². The molecule has 11 heteroatoms. The predicted molar refractivity (Wildman–Crippen MR) is 103 cm³/mol. The zero-order chi connectivity index (χ0) is 20.9. The molecular weight excluding hydrogens is 404 g/mol. The molecule has 0 aromatic heterocycles. The van der Waals surface area contributed by atoms with Crippen LogP contribution in [0.4, 0.5) is 0 Å². The topological polar surface area (TPSA) is 128 Å². The van der Waals surface area contributed by atoms with Crippen molar-refractivity contribution in [3.8, 4) is 6.07 Å². The van der Waals surface area contributed by atoms with E-state index in [9.17, 15) is 21.6 Å². The molecule has 1 aromatic carbocycles. The Labute approximate surface area is 166 Å². The van der Waals surface area contributed by atoms with Gasteiger partial charge in [-0.25, -0.2) is 21.1 Å². The number of sulfonamides is 2. The number of amides is 1. The number of benzene rings is 1. The summed E-state index contributed by atoms with van der Waals surface area (Å²) in [5.74, 6) is -0.271. The van der Waals surface area contributed by atoms with E-state index >= 15 is 0 Å². The van der Waals surface area contributed by atoms with Crippen molar-refractivity contribution in [1.82, 2.24) is 13.9 Å². The molecule has 1 fully saturated rings. The zero-order valence-electron chi connectivity index (χ0n) is 15.8. The molecule has 1 saturated heterocycles. The second-order valence-electron chi connectivity index (χ2n) is 6.81. The van der Waals surface area contributed by atoms with Crippen LogP contribution in [0, 0.1) is 17.2 Å². The molecule has 0 atom stereocenters. The van der Waals surface area contributed by atoms with Crippen molar-refractivity contribution in [2.24, 2.45) is 5.92 Å². The summed E-state index contributed by atoms with van der Waals surface area (Å²) in [6.45, 7) is 0.893. The number of carbonyl (C=O) groups is 1. The summed E-state index contributed by atoms with van der Waals surface area (Å²) in [7, 11) is -5.71. The third-order valence-electron chi connectivity index (χ3n) is 4.69. The van der Waals surface area contributed by atoms with E-state index in [1.165, 1.54) is 41.9 Å². The van der Waals surface area contributed by atoms with E-state index in [4.69, 9.17) is 5.26 Å². The molecule has 0 spiro atoms. The van der Waals surface area contributed by atoms with Crippen molar-refractivity contribution >= 4 is 26.0 Å². The van der Waals surface area contributed by atoms with Gasteiger partial charge in [0.15, 0.2) is 0 Å². The second kappa shape index (κ2) is 9.00. The lowest BCUT2D eigenvalue weighted by Crippen LogP contribution is -2.43. The summed E-state index contributed by atoms with van der Waals surface area (Å²) in [4.78, 5) is 12.1. The van der Waals surface area contributed by atoms with Crippen molar-refractivity contribution in [3.05, 3.63) is 29.8 Å². The van der Waals surface area contributed by atoms with Crippen molar-refractivity contribution in [3.63, 3.8) is 0 Å². The maximum absolute atomic E-state index is 12.5. The summed E-state index contributed by atoms with van der Waals surface area (Å²) in [5.41, 5.74) is 0.348. The van der Waals surface area contributed by atoms with Crippen LogP contribution in [0.5, 0.6) is 0 Å². The van der Waals surface area contributed by atoms with Gasteiger partial charge < -0.3 is 5.32 Å². The molecule has 0 saturated carbocycles. The number of nitrogens with one attached hydrogen (secondary N) is 1. The minimum atomic E-state index is -3.84. The van der Waals surface area contributed by atoms with Crippen LogP contribution in [0.25, 0.3) is 0 Å². The molecule has 154 valence electrons. The predicted octanol–water partition coefficient (Wildman–Crippen LogP) is -0.0334. The largest absolute Gasteiger partial charge is 0.355 e. The SMILES string of the molecule is CN(CC(=O)NCC1CCN(S(C)(=O)=O)CC1)S(=O)(=O)c1ccc(C#N)cc1. The molecule has 1 amide bonds. The maximum Gasteiger partial charge on any atom is 0.243 e. The molecule has 0 radical (unpaired) electrons. The lowest BCUT2D eigenvalue weighted by atomic mass is 9.98. The summed E-state index contributed by atoms with van der Waals surface area (Å²) >= 11 is 0. The molecular formula is C17H24N4O5S2. The molecule has 1 N–H and O–H groups in total. The number of hydrogen-bond acceptors (Lipinski definition) is 6. The average Bonchev–Trinajstić information content (AvgIpc) is 2.66. The van der Waals surface area contributed by atoms with Crippen molar-refractivity contribution < 1.29 is 21.6 Å². The number of rotatable bonds is 7. The zero-order valence-corrected chi connectivity index (χ0v) is 17.5. The first-order valence-corrected chi connectivity index (χ1v) is 12.0. The van der Waals surface area contributed by atoms with Crippen LogP contribution in [0.1, 0.15) is 18.4 Å². The van der Waals surface area contributed by atoms with Crippen LogP contribution in [0.2, 0.25) is 0 Å². The van der Waals surface area contributed by atoms with Gasteiger partial charge in [-0.1, -0.05) is 0 Å². The van der Waals surface area contributed by atoms with Crippen molar-refractivity contribution in [2.45, 2.75) is 17.7 Å². The number of nitriles is 1. The fraction of sp³-hybridized carbons (Fsp3) is 0.529. The highest BCUT2D eigenvalue weighted by atomic mass is 32.2. The molecule has 1 aliphatic rings. The van der Waals surface area contributed by atoms with E-state index in [0.717, 1.165) is 4.31 Å². The molecule has 1 aliphatic heterocycles. The van der Waals surface area contributed by atoms with Crippen LogP contribution < -0.4 is 5.32 Å². The van der Waals surface area contributed by atoms with Gasteiger partial charge in [-0.2, -0.15) is 9.57 Å². The van der Waals surface area contributed by atoms with Gasteiger partial charge in [0.05, 0.1) is 29.3 Å². The Kier molecular flexibility index (Phi) is 7.16. The van der Waals surface area contributed by atoms with E-state index in [1.807, 2.05) is 6.07 Å². The Hall–Kier alpha value is -2.00. The van der Waals surface area contributed by atoms with E-state index in [0.29, 0.717) is 38.0 Å². The first kappa shape index (κ1) is 22.3. The Bertz CT molecular complexity index is 944. The molecule has 0 aliphatic carbocycles. The number of likely N-dealkylation sites (N-methyl/N-ethyl adjacent to an activating group) is 1. The molecule has 1 heterocycles. The lowest BCUT2D eigenvalue weighted by Gasteiger charge is -2.30. The van der Waals surface area contributed by atoms with Gasteiger partial charge in [-0.15, -0.1) is 0 Å². The Morgan fingerprint density at radius 1 is 1.21 bits per heavy atom.